The molecular formula is C26H47N2O3+. The Balaban J connectivity index is 0.000000319. The number of hydrogen-bond donors (Lipinski definition) is 2. The van der Waals surface area contributed by atoms with Gasteiger partial charge in [0, 0.05) is 38.0 Å². The fraction of sp³-hybridized carbons (Fsp3) is 0.808. The van der Waals surface area contributed by atoms with Gasteiger partial charge in [-0.2, -0.15) is 0 Å². The van der Waals surface area contributed by atoms with Crippen LogP contribution in [-0.2, 0) is 9.62 Å². The predicted octanol–water partition coefficient (Wildman–Crippen LogP) is 5.22. The van der Waals surface area contributed by atoms with Gasteiger partial charge < -0.3 is 10.1 Å². The molecule has 2 N–H and O–H groups in total. The lowest BCUT2D eigenvalue weighted by atomic mass is 9.69. The molecule has 5 heteroatoms. The van der Waals surface area contributed by atoms with E-state index in [0.717, 1.165) is 38.7 Å². The van der Waals surface area contributed by atoms with Crippen molar-refractivity contribution in [2.24, 2.45) is 10.8 Å². The Hall–Kier alpha value is -1.01. The molecule has 0 saturated heterocycles. The smallest absolute Gasteiger partial charge is 0.150 e. The SMILES string of the molecule is C1=CCCCC=C1.CC.COCC1(CNC2CC2)CC=[N+](CC2(COO)CCC2)CC1. The van der Waals surface area contributed by atoms with Crippen LogP contribution in [0.1, 0.15) is 78.1 Å². The minimum atomic E-state index is 0.179. The summed E-state index contributed by atoms with van der Waals surface area (Å²) in [6.07, 6.45) is 23.4. The average molecular weight is 436 g/mol. The Kier molecular flexibility index (Phi) is 12.0. The zero-order valence-corrected chi connectivity index (χ0v) is 20.3. The zero-order valence-electron chi connectivity index (χ0n) is 20.3. The second kappa shape index (κ2) is 14.2. The summed E-state index contributed by atoms with van der Waals surface area (Å²) in [5.74, 6) is 0. The van der Waals surface area contributed by atoms with Gasteiger partial charge in [0.05, 0.1) is 18.6 Å². The summed E-state index contributed by atoms with van der Waals surface area (Å²) < 4.78 is 7.96. The van der Waals surface area contributed by atoms with Gasteiger partial charge in [-0.25, -0.2) is 9.46 Å². The van der Waals surface area contributed by atoms with Crippen LogP contribution in [0.25, 0.3) is 0 Å². The van der Waals surface area contributed by atoms with Crippen molar-refractivity contribution in [2.45, 2.75) is 84.1 Å². The van der Waals surface area contributed by atoms with E-state index < -0.39 is 0 Å². The van der Waals surface area contributed by atoms with Crippen LogP contribution < -0.4 is 5.32 Å². The summed E-state index contributed by atoms with van der Waals surface area (Å²) in [6, 6.07) is 0.756. The normalized spacial score (nSPS) is 26.4. The fourth-order valence-corrected chi connectivity index (χ4v) is 4.63. The Bertz CT molecular complexity index is 567. The summed E-state index contributed by atoms with van der Waals surface area (Å²) in [5.41, 5.74) is 0.437. The molecular weight excluding hydrogens is 388 g/mol. The van der Waals surface area contributed by atoms with Crippen molar-refractivity contribution in [1.82, 2.24) is 5.32 Å². The van der Waals surface area contributed by atoms with Crippen LogP contribution in [0, 0.1) is 10.8 Å². The van der Waals surface area contributed by atoms with Gasteiger partial charge in [-0.1, -0.05) is 44.6 Å². The molecule has 1 aliphatic heterocycles. The number of methoxy groups -OCH3 is 1. The number of nitrogens with zero attached hydrogens (tertiary/aromatic N) is 1. The van der Waals surface area contributed by atoms with Crippen LogP contribution in [0.4, 0.5) is 0 Å². The summed E-state index contributed by atoms with van der Waals surface area (Å²) in [5, 5.41) is 12.5. The van der Waals surface area contributed by atoms with E-state index in [1.54, 1.807) is 0 Å². The molecule has 0 amide bonds. The fourth-order valence-electron chi connectivity index (χ4n) is 4.63. The molecule has 0 radical (unpaired) electrons. The van der Waals surface area contributed by atoms with Crippen molar-refractivity contribution in [3.63, 3.8) is 0 Å². The zero-order chi connectivity index (χ0) is 22.4. The third-order valence-electron chi connectivity index (χ3n) is 6.95. The largest absolute Gasteiger partial charge is 0.384 e. The molecule has 0 spiro atoms. The molecule has 31 heavy (non-hydrogen) atoms. The van der Waals surface area contributed by atoms with E-state index in [0.29, 0.717) is 6.61 Å². The summed E-state index contributed by atoms with van der Waals surface area (Å²) in [4.78, 5) is 4.47. The number of allylic oxidation sites excluding steroid dienone is 4. The van der Waals surface area contributed by atoms with E-state index in [-0.39, 0.29) is 10.8 Å². The van der Waals surface area contributed by atoms with Crippen molar-refractivity contribution in [3.8, 4) is 0 Å². The summed E-state index contributed by atoms with van der Waals surface area (Å²) in [6.45, 7) is 8.49. The molecule has 0 aromatic heterocycles. The third kappa shape index (κ3) is 9.17. The van der Waals surface area contributed by atoms with Gasteiger partial charge in [-0.05, 0) is 44.9 Å². The molecule has 1 atom stereocenters. The first-order valence-electron chi connectivity index (χ1n) is 12.6. The maximum Gasteiger partial charge on any atom is 0.150 e. The molecule has 0 aromatic carbocycles. The van der Waals surface area contributed by atoms with Crippen molar-refractivity contribution in [2.75, 3.05) is 40.0 Å². The minimum Gasteiger partial charge on any atom is -0.384 e. The van der Waals surface area contributed by atoms with E-state index in [2.05, 4.69) is 45.3 Å². The molecule has 2 fully saturated rings. The number of hydrogen-bond acceptors (Lipinski definition) is 4. The molecule has 0 aromatic rings. The van der Waals surface area contributed by atoms with Gasteiger partial charge in [-0.15, -0.1) is 0 Å². The Labute approximate surface area is 190 Å². The Morgan fingerprint density at radius 2 is 1.71 bits per heavy atom. The van der Waals surface area contributed by atoms with Gasteiger partial charge >= 0.3 is 0 Å². The van der Waals surface area contributed by atoms with Crippen LogP contribution in [0.5, 0.6) is 0 Å². The first-order valence-corrected chi connectivity index (χ1v) is 12.6. The molecule has 0 bridgehead atoms. The highest BCUT2D eigenvalue weighted by molar-refractivity contribution is 5.53. The van der Waals surface area contributed by atoms with Crippen LogP contribution in [0.15, 0.2) is 24.3 Å². The molecule has 2 saturated carbocycles. The molecule has 1 heterocycles. The second-order valence-electron chi connectivity index (χ2n) is 9.61. The van der Waals surface area contributed by atoms with E-state index in [1.165, 1.54) is 57.8 Å². The molecule has 5 nitrogen and oxygen atoms in total. The van der Waals surface area contributed by atoms with Gasteiger partial charge in [0.25, 0.3) is 0 Å². The Morgan fingerprint density at radius 1 is 1.00 bits per heavy atom. The molecule has 1 unspecified atom stereocenters. The van der Waals surface area contributed by atoms with Crippen LogP contribution >= 0.6 is 0 Å². The number of nitrogens with one attached hydrogen (secondary N) is 1. The van der Waals surface area contributed by atoms with Crippen molar-refractivity contribution in [3.05, 3.63) is 24.3 Å². The second-order valence-corrected chi connectivity index (χ2v) is 9.61. The monoisotopic (exact) mass is 435 g/mol. The van der Waals surface area contributed by atoms with E-state index in [1.807, 2.05) is 21.0 Å². The first kappa shape index (κ1) is 26.2. The Morgan fingerprint density at radius 3 is 2.19 bits per heavy atom. The molecule has 178 valence electrons. The highest BCUT2D eigenvalue weighted by Gasteiger charge is 2.44. The quantitative estimate of drug-likeness (QED) is 0.296. The maximum atomic E-state index is 8.82. The van der Waals surface area contributed by atoms with Gasteiger partial charge in [0.2, 0.25) is 0 Å². The maximum absolute atomic E-state index is 8.82. The minimum absolute atomic E-state index is 0.179. The summed E-state index contributed by atoms with van der Waals surface area (Å²) in [7, 11) is 1.81. The number of ether oxygens (including phenoxy) is 1. The van der Waals surface area contributed by atoms with Crippen molar-refractivity contribution in [1.29, 1.82) is 0 Å². The predicted molar refractivity (Wildman–Crippen MR) is 129 cm³/mol. The summed E-state index contributed by atoms with van der Waals surface area (Å²) >= 11 is 0. The van der Waals surface area contributed by atoms with Crippen LogP contribution in [0.3, 0.4) is 0 Å². The molecule has 4 rings (SSSR count). The van der Waals surface area contributed by atoms with Crippen LogP contribution in [-0.4, -0.2) is 62.0 Å². The van der Waals surface area contributed by atoms with Gasteiger partial charge in [0.1, 0.15) is 19.3 Å². The van der Waals surface area contributed by atoms with Crippen molar-refractivity contribution >= 4 is 6.21 Å². The third-order valence-corrected chi connectivity index (χ3v) is 6.95. The topological polar surface area (TPSA) is 53.7 Å². The lowest BCUT2D eigenvalue weighted by Crippen LogP contribution is -2.48. The first-order chi connectivity index (χ1) is 15.2. The van der Waals surface area contributed by atoms with E-state index in [9.17, 15) is 0 Å². The number of rotatable bonds is 9. The van der Waals surface area contributed by atoms with E-state index in [4.69, 9.17) is 9.99 Å². The van der Waals surface area contributed by atoms with Gasteiger partial charge in [0.15, 0.2) is 0 Å². The molecule has 4 aliphatic rings. The highest BCUT2D eigenvalue weighted by atomic mass is 17.1. The van der Waals surface area contributed by atoms with E-state index >= 15 is 0 Å². The van der Waals surface area contributed by atoms with Crippen molar-refractivity contribution < 1.29 is 19.5 Å². The van der Waals surface area contributed by atoms with Gasteiger partial charge in [-0.3, -0.25) is 5.26 Å². The van der Waals surface area contributed by atoms with Crippen LogP contribution in [0.2, 0.25) is 0 Å². The standard InChI is InChI=1S/C17H30N2O3.C7H10.C2H6/c1-21-13-16(11-18-15-3-4-15)7-9-19(10-8-16)12-17(14-22-20)5-2-6-17;1-2-4-6-7-5-3-1;1-2/h9,15,18H,2-8,10-14H2,1H3;1-4H,5-7H2;1-2H3/p+1. The molecule has 3 aliphatic carbocycles. The lowest BCUT2D eigenvalue weighted by molar-refractivity contribution is -0.553. The lowest BCUT2D eigenvalue weighted by Gasteiger charge is -2.40. The average Bonchev–Trinajstić information content (AvgIpc) is 3.62. The highest BCUT2D eigenvalue weighted by Crippen LogP contribution is 2.42.